The number of carbonyl (C=O) groups is 1. The fraction of sp³-hybridized carbons (Fsp3) is 0.923. The minimum atomic E-state index is -4.13. The van der Waals surface area contributed by atoms with Crippen molar-refractivity contribution in [3.63, 3.8) is 0 Å². The van der Waals surface area contributed by atoms with Crippen LogP contribution in [0, 0.1) is 5.92 Å². The number of carbonyl (C=O) groups excluding carboxylic acids is 1. The molecular weight excluding hydrogens is 293 g/mol. The van der Waals surface area contributed by atoms with Crippen molar-refractivity contribution in [1.29, 1.82) is 0 Å². The summed E-state index contributed by atoms with van der Waals surface area (Å²) in [5, 5.41) is 5.99. The van der Waals surface area contributed by atoms with E-state index in [1.165, 1.54) is 0 Å². The molecule has 3 nitrogen and oxygen atoms in total. The Hall–Kier alpha value is -0.490. The average Bonchev–Trinajstić information content (AvgIpc) is 2.80. The van der Waals surface area contributed by atoms with E-state index in [0.29, 0.717) is 19.3 Å². The first-order valence-corrected chi connectivity index (χ1v) is 7.04. The summed E-state index contributed by atoms with van der Waals surface area (Å²) in [4.78, 5) is 11.8. The molecule has 118 valence electrons. The van der Waals surface area contributed by atoms with Crippen LogP contribution in [0.1, 0.15) is 44.9 Å². The summed E-state index contributed by atoms with van der Waals surface area (Å²) >= 11 is 0. The van der Waals surface area contributed by atoms with Crippen LogP contribution in [0.4, 0.5) is 13.2 Å². The van der Waals surface area contributed by atoms with Gasteiger partial charge in [-0.25, -0.2) is 0 Å². The van der Waals surface area contributed by atoms with Gasteiger partial charge in [-0.1, -0.05) is 6.42 Å². The topological polar surface area (TPSA) is 41.1 Å². The van der Waals surface area contributed by atoms with Crippen molar-refractivity contribution in [3.05, 3.63) is 0 Å². The van der Waals surface area contributed by atoms with Crippen LogP contribution >= 0.6 is 12.4 Å². The molecule has 0 bridgehead atoms. The van der Waals surface area contributed by atoms with Crippen molar-refractivity contribution in [3.8, 4) is 0 Å². The molecule has 0 radical (unpaired) electrons. The predicted octanol–water partition coefficient (Wildman–Crippen LogP) is 2.79. The van der Waals surface area contributed by atoms with Crippen molar-refractivity contribution in [2.45, 2.75) is 63.2 Å². The van der Waals surface area contributed by atoms with Crippen LogP contribution in [0.25, 0.3) is 0 Å². The van der Waals surface area contributed by atoms with E-state index in [4.69, 9.17) is 0 Å². The molecule has 1 saturated carbocycles. The van der Waals surface area contributed by atoms with Gasteiger partial charge < -0.3 is 10.6 Å². The van der Waals surface area contributed by atoms with Gasteiger partial charge in [-0.2, -0.15) is 13.2 Å². The van der Waals surface area contributed by atoms with Crippen molar-refractivity contribution < 1.29 is 18.0 Å². The number of hydrogen-bond donors (Lipinski definition) is 2. The molecule has 1 saturated heterocycles. The molecule has 2 fully saturated rings. The molecule has 0 aromatic carbocycles. The number of nitrogens with one attached hydrogen (secondary N) is 2. The third-order valence-corrected chi connectivity index (χ3v) is 4.10. The van der Waals surface area contributed by atoms with E-state index in [1.54, 1.807) is 0 Å². The zero-order valence-corrected chi connectivity index (χ0v) is 12.2. The molecule has 3 unspecified atom stereocenters. The van der Waals surface area contributed by atoms with Crippen LogP contribution in [0.3, 0.4) is 0 Å². The van der Waals surface area contributed by atoms with Crippen molar-refractivity contribution >= 4 is 18.3 Å². The first-order chi connectivity index (χ1) is 8.95. The summed E-state index contributed by atoms with van der Waals surface area (Å²) in [7, 11) is 0. The second kappa shape index (κ2) is 7.50. The van der Waals surface area contributed by atoms with E-state index in [0.717, 1.165) is 19.4 Å². The Balaban J connectivity index is 0.00000200. The number of amides is 1. The molecule has 2 N–H and O–H groups in total. The second-order valence-corrected chi connectivity index (χ2v) is 5.67. The normalized spacial score (nSPS) is 30.6. The highest BCUT2D eigenvalue weighted by molar-refractivity contribution is 5.85. The van der Waals surface area contributed by atoms with E-state index in [9.17, 15) is 18.0 Å². The minimum absolute atomic E-state index is 0. The van der Waals surface area contributed by atoms with E-state index in [1.807, 2.05) is 0 Å². The standard InChI is InChI=1S/C13H21F3N2O.ClH/c14-13(15,16)9-3-1-4-11(7-9)18-12(19)8-10-5-2-6-17-10;/h9-11,17H,1-8H2,(H,18,19);1H. The summed E-state index contributed by atoms with van der Waals surface area (Å²) in [6.07, 6.45) is -0.273. The van der Waals surface area contributed by atoms with Gasteiger partial charge in [0.25, 0.3) is 0 Å². The van der Waals surface area contributed by atoms with Crippen LogP contribution < -0.4 is 10.6 Å². The molecule has 2 aliphatic rings. The highest BCUT2D eigenvalue weighted by Crippen LogP contribution is 2.37. The maximum Gasteiger partial charge on any atom is 0.391 e. The zero-order valence-electron chi connectivity index (χ0n) is 11.3. The quantitative estimate of drug-likeness (QED) is 0.841. The third kappa shape index (κ3) is 5.13. The van der Waals surface area contributed by atoms with E-state index in [2.05, 4.69) is 10.6 Å². The molecule has 0 aromatic heterocycles. The SMILES string of the molecule is Cl.O=C(CC1CCCN1)NC1CCCC(C(F)(F)F)C1. The summed E-state index contributed by atoms with van der Waals surface area (Å²) < 4.78 is 38.0. The largest absolute Gasteiger partial charge is 0.391 e. The van der Waals surface area contributed by atoms with Gasteiger partial charge in [-0.15, -0.1) is 12.4 Å². The monoisotopic (exact) mass is 314 g/mol. The van der Waals surface area contributed by atoms with Gasteiger partial charge in [0.15, 0.2) is 0 Å². The number of halogens is 4. The molecule has 1 heterocycles. The lowest BCUT2D eigenvalue weighted by Gasteiger charge is -2.31. The first kappa shape index (κ1) is 17.6. The highest BCUT2D eigenvalue weighted by atomic mass is 35.5. The maximum absolute atomic E-state index is 12.7. The van der Waals surface area contributed by atoms with Gasteiger partial charge in [0, 0.05) is 18.5 Å². The van der Waals surface area contributed by atoms with E-state index in [-0.39, 0.29) is 43.2 Å². The molecule has 1 aliphatic heterocycles. The molecule has 3 atom stereocenters. The molecule has 0 aromatic rings. The first-order valence-electron chi connectivity index (χ1n) is 7.04. The van der Waals surface area contributed by atoms with Gasteiger partial charge >= 0.3 is 6.18 Å². The van der Waals surface area contributed by atoms with Gasteiger partial charge in [0.1, 0.15) is 0 Å². The van der Waals surface area contributed by atoms with Crippen LogP contribution in [0.5, 0.6) is 0 Å². The Morgan fingerprint density at radius 2 is 1.95 bits per heavy atom. The lowest BCUT2D eigenvalue weighted by atomic mass is 9.85. The summed E-state index contributed by atoms with van der Waals surface area (Å²) in [5.74, 6) is -1.37. The Morgan fingerprint density at radius 1 is 1.20 bits per heavy atom. The van der Waals surface area contributed by atoms with Gasteiger partial charge in [-0.3, -0.25) is 4.79 Å². The predicted molar refractivity (Wildman–Crippen MR) is 72.8 cm³/mol. The van der Waals surface area contributed by atoms with E-state index >= 15 is 0 Å². The Morgan fingerprint density at radius 3 is 2.55 bits per heavy atom. The second-order valence-electron chi connectivity index (χ2n) is 5.67. The van der Waals surface area contributed by atoms with Gasteiger partial charge in [-0.05, 0) is 38.6 Å². The van der Waals surface area contributed by atoms with Crippen molar-refractivity contribution in [2.24, 2.45) is 5.92 Å². The van der Waals surface area contributed by atoms with Crippen molar-refractivity contribution in [1.82, 2.24) is 10.6 Å². The molecular formula is C13H22ClF3N2O. The maximum atomic E-state index is 12.7. The molecule has 0 spiro atoms. The zero-order chi connectivity index (χ0) is 13.9. The van der Waals surface area contributed by atoms with E-state index < -0.39 is 12.1 Å². The van der Waals surface area contributed by atoms with Crippen LogP contribution in [-0.2, 0) is 4.79 Å². The number of alkyl halides is 3. The summed E-state index contributed by atoms with van der Waals surface area (Å²) in [5.41, 5.74) is 0. The fourth-order valence-corrected chi connectivity index (χ4v) is 3.06. The van der Waals surface area contributed by atoms with Crippen LogP contribution in [0.2, 0.25) is 0 Å². The lowest BCUT2D eigenvalue weighted by Crippen LogP contribution is -2.43. The smallest absolute Gasteiger partial charge is 0.353 e. The number of hydrogen-bond acceptors (Lipinski definition) is 2. The molecule has 1 amide bonds. The van der Waals surface area contributed by atoms with Gasteiger partial charge in [0.2, 0.25) is 5.91 Å². The van der Waals surface area contributed by atoms with Crippen LogP contribution in [-0.4, -0.2) is 30.7 Å². The molecule has 1 aliphatic carbocycles. The summed E-state index contributed by atoms with van der Waals surface area (Å²) in [6.45, 7) is 0.928. The lowest BCUT2D eigenvalue weighted by molar-refractivity contribution is -0.184. The fourth-order valence-electron chi connectivity index (χ4n) is 3.06. The average molecular weight is 315 g/mol. The molecule has 2 rings (SSSR count). The Labute approximate surface area is 123 Å². The highest BCUT2D eigenvalue weighted by Gasteiger charge is 2.42. The van der Waals surface area contributed by atoms with Crippen LogP contribution in [0.15, 0.2) is 0 Å². The Kier molecular flexibility index (Phi) is 6.58. The Bertz CT molecular complexity index is 319. The third-order valence-electron chi connectivity index (χ3n) is 4.10. The van der Waals surface area contributed by atoms with Crippen molar-refractivity contribution in [2.75, 3.05) is 6.54 Å². The molecule has 7 heteroatoms. The molecule has 20 heavy (non-hydrogen) atoms. The van der Waals surface area contributed by atoms with Gasteiger partial charge in [0.05, 0.1) is 5.92 Å². The minimum Gasteiger partial charge on any atom is -0.353 e. The number of rotatable bonds is 3. The summed E-state index contributed by atoms with van der Waals surface area (Å²) in [6, 6.07) is -0.115.